The number of nitrogens with one attached hydrogen (secondary N) is 1. The molecule has 0 aromatic carbocycles. The van der Waals surface area contributed by atoms with Crippen LogP contribution in [0.2, 0.25) is 0 Å². The molecule has 0 unspecified atom stereocenters. The van der Waals surface area contributed by atoms with Gasteiger partial charge in [0, 0.05) is 25.6 Å². The molecule has 0 spiro atoms. The zero-order chi connectivity index (χ0) is 19.5. The Bertz CT molecular complexity index is 836. The first-order valence-corrected chi connectivity index (χ1v) is 10.2. The summed E-state index contributed by atoms with van der Waals surface area (Å²) in [5.41, 5.74) is 3.08. The molecule has 1 aliphatic heterocycles. The summed E-state index contributed by atoms with van der Waals surface area (Å²) in [5, 5.41) is 11.5. The number of carbonyl (C=O) groups is 1. The van der Waals surface area contributed by atoms with E-state index >= 15 is 0 Å². The number of rotatable bonds is 6. The van der Waals surface area contributed by atoms with E-state index in [1.165, 1.54) is 0 Å². The first kappa shape index (κ1) is 19.0. The summed E-state index contributed by atoms with van der Waals surface area (Å²) >= 11 is 0. The maximum absolute atomic E-state index is 12.9. The maximum Gasteiger partial charge on any atom is 0.259 e. The lowest BCUT2D eigenvalue weighted by atomic mass is 9.96. The second-order valence-electron chi connectivity index (χ2n) is 7.61. The van der Waals surface area contributed by atoms with Gasteiger partial charge in [-0.25, -0.2) is 4.68 Å². The molecule has 1 amide bonds. The Morgan fingerprint density at radius 3 is 2.96 bits per heavy atom. The van der Waals surface area contributed by atoms with Crippen LogP contribution in [0.25, 0.3) is 0 Å². The molecule has 28 heavy (non-hydrogen) atoms. The number of aromatic nitrogens is 3. The van der Waals surface area contributed by atoms with Gasteiger partial charge in [0.1, 0.15) is 23.6 Å². The Labute approximate surface area is 164 Å². The molecule has 1 N–H and O–H groups in total. The van der Waals surface area contributed by atoms with Gasteiger partial charge in [0.15, 0.2) is 0 Å². The van der Waals surface area contributed by atoms with Crippen molar-refractivity contribution in [3.63, 3.8) is 0 Å². The van der Waals surface area contributed by atoms with Gasteiger partial charge in [-0.2, -0.15) is 5.10 Å². The van der Waals surface area contributed by atoms with Crippen LogP contribution in [0.4, 0.5) is 0 Å². The zero-order valence-corrected chi connectivity index (χ0v) is 16.6. The van der Waals surface area contributed by atoms with Crippen LogP contribution in [-0.4, -0.2) is 40.2 Å². The van der Waals surface area contributed by atoms with E-state index in [1.807, 2.05) is 6.92 Å². The maximum atomic E-state index is 12.9. The molecule has 0 radical (unpaired) electrons. The van der Waals surface area contributed by atoms with Crippen molar-refractivity contribution >= 4 is 5.91 Å². The lowest BCUT2D eigenvalue weighted by molar-refractivity contribution is -0.0128. The van der Waals surface area contributed by atoms with Gasteiger partial charge in [-0.3, -0.25) is 4.79 Å². The van der Waals surface area contributed by atoms with E-state index in [0.29, 0.717) is 30.3 Å². The molecule has 3 heterocycles. The minimum atomic E-state index is -0.210. The summed E-state index contributed by atoms with van der Waals surface area (Å²) in [7, 11) is 1.79. The highest BCUT2D eigenvalue weighted by Gasteiger charge is 2.25. The number of carbonyl (C=O) groups excluding carboxylic acids is 1. The Morgan fingerprint density at radius 1 is 1.29 bits per heavy atom. The fraction of sp³-hybridized carbons (Fsp3) is 0.650. The van der Waals surface area contributed by atoms with Crippen LogP contribution < -0.4 is 10.1 Å². The summed E-state index contributed by atoms with van der Waals surface area (Å²) in [6.07, 6.45) is 7.46. The summed E-state index contributed by atoms with van der Waals surface area (Å²) in [4.78, 5) is 12.9. The van der Waals surface area contributed by atoms with Gasteiger partial charge < -0.3 is 19.3 Å². The molecule has 2 aromatic heterocycles. The van der Waals surface area contributed by atoms with Crippen molar-refractivity contribution < 1.29 is 18.8 Å². The summed E-state index contributed by atoms with van der Waals surface area (Å²) in [6.45, 7) is 3.36. The van der Waals surface area contributed by atoms with Crippen LogP contribution in [-0.2, 0) is 31.2 Å². The molecule has 4 rings (SSSR count). The van der Waals surface area contributed by atoms with Crippen LogP contribution in [0.15, 0.2) is 4.52 Å². The van der Waals surface area contributed by atoms with Crippen LogP contribution >= 0.6 is 0 Å². The number of hydrogen-bond acceptors (Lipinski definition) is 6. The quantitative estimate of drug-likeness (QED) is 0.817. The molecule has 152 valence electrons. The first-order valence-electron chi connectivity index (χ1n) is 10.2. The average Bonchev–Trinajstić information content (AvgIpc) is 3.25. The van der Waals surface area contributed by atoms with Crippen molar-refractivity contribution in [2.24, 2.45) is 7.05 Å². The van der Waals surface area contributed by atoms with Crippen LogP contribution in [0, 0.1) is 6.92 Å². The number of ether oxygens (including phenoxy) is 2. The van der Waals surface area contributed by atoms with E-state index < -0.39 is 0 Å². The van der Waals surface area contributed by atoms with Gasteiger partial charge >= 0.3 is 0 Å². The van der Waals surface area contributed by atoms with E-state index in [2.05, 4.69) is 15.6 Å². The van der Waals surface area contributed by atoms with Crippen LogP contribution in [0.3, 0.4) is 0 Å². The third-order valence-corrected chi connectivity index (χ3v) is 5.52. The Hall–Kier alpha value is -2.35. The monoisotopic (exact) mass is 388 g/mol. The third kappa shape index (κ3) is 3.92. The molecule has 0 saturated carbocycles. The van der Waals surface area contributed by atoms with Crippen molar-refractivity contribution in [3.05, 3.63) is 28.3 Å². The molecule has 1 atom stereocenters. The molecule has 2 aromatic rings. The highest BCUT2D eigenvalue weighted by atomic mass is 16.5. The SMILES string of the molecule is Cc1nn(C)c(OC[C@H]2CCCCO2)c1C(=O)NCc1noc2c1CCCC2. The van der Waals surface area contributed by atoms with Gasteiger partial charge in [-0.1, -0.05) is 5.16 Å². The van der Waals surface area contributed by atoms with Crippen molar-refractivity contribution in [3.8, 4) is 5.88 Å². The van der Waals surface area contributed by atoms with E-state index in [4.69, 9.17) is 14.0 Å². The molecule has 1 saturated heterocycles. The van der Waals surface area contributed by atoms with Crippen LogP contribution in [0.5, 0.6) is 5.88 Å². The predicted molar refractivity (Wildman–Crippen MR) is 101 cm³/mol. The lowest BCUT2D eigenvalue weighted by Crippen LogP contribution is -2.28. The zero-order valence-electron chi connectivity index (χ0n) is 16.6. The minimum absolute atomic E-state index is 0.0709. The van der Waals surface area contributed by atoms with E-state index in [-0.39, 0.29) is 12.0 Å². The second kappa shape index (κ2) is 8.34. The number of amides is 1. The standard InChI is InChI=1S/C20H28N4O4/c1-13-18(20(24(2)22-13)27-12-14-7-5-6-10-26-14)19(25)21-11-16-15-8-3-4-9-17(15)28-23-16/h14H,3-12H2,1-2H3,(H,21,25)/t14-/m1/s1. The van der Waals surface area contributed by atoms with Crippen LogP contribution in [0.1, 0.15) is 65.2 Å². The Kier molecular flexibility index (Phi) is 5.66. The van der Waals surface area contributed by atoms with Crippen molar-refractivity contribution in [2.75, 3.05) is 13.2 Å². The normalized spacial score (nSPS) is 19.3. The topological polar surface area (TPSA) is 91.4 Å². The number of fused-ring (bicyclic) bond motifs is 1. The number of hydrogen-bond donors (Lipinski definition) is 1. The molecule has 2 aliphatic rings. The van der Waals surface area contributed by atoms with Gasteiger partial charge in [0.05, 0.1) is 18.3 Å². The van der Waals surface area contributed by atoms with Crippen molar-refractivity contribution in [2.45, 2.75) is 64.5 Å². The Morgan fingerprint density at radius 2 is 2.14 bits per heavy atom. The predicted octanol–water partition coefficient (Wildman–Crippen LogP) is 2.47. The lowest BCUT2D eigenvalue weighted by Gasteiger charge is -2.22. The first-order chi connectivity index (χ1) is 13.6. The summed E-state index contributed by atoms with van der Waals surface area (Å²) in [6, 6.07) is 0. The largest absolute Gasteiger partial charge is 0.475 e. The van der Waals surface area contributed by atoms with Gasteiger partial charge in [-0.15, -0.1) is 0 Å². The van der Waals surface area contributed by atoms with Crippen molar-refractivity contribution in [1.82, 2.24) is 20.3 Å². The van der Waals surface area contributed by atoms with Crippen molar-refractivity contribution in [1.29, 1.82) is 0 Å². The highest BCUT2D eigenvalue weighted by Crippen LogP contribution is 2.25. The number of nitrogens with zero attached hydrogens (tertiary/aromatic N) is 3. The highest BCUT2D eigenvalue weighted by molar-refractivity contribution is 5.97. The molecule has 0 bridgehead atoms. The minimum Gasteiger partial charge on any atom is -0.475 e. The molecular weight excluding hydrogens is 360 g/mol. The second-order valence-corrected chi connectivity index (χ2v) is 7.61. The van der Waals surface area contributed by atoms with E-state index in [9.17, 15) is 4.79 Å². The third-order valence-electron chi connectivity index (χ3n) is 5.52. The van der Waals surface area contributed by atoms with E-state index in [1.54, 1.807) is 11.7 Å². The van der Waals surface area contributed by atoms with Gasteiger partial charge in [0.25, 0.3) is 5.91 Å². The molecule has 1 aliphatic carbocycles. The molecule has 1 fully saturated rings. The molecule has 8 heteroatoms. The fourth-order valence-electron chi connectivity index (χ4n) is 4.01. The summed E-state index contributed by atoms with van der Waals surface area (Å²) in [5.74, 6) is 1.23. The Balaban J connectivity index is 1.42. The average molecular weight is 388 g/mol. The van der Waals surface area contributed by atoms with Gasteiger partial charge in [0.2, 0.25) is 5.88 Å². The van der Waals surface area contributed by atoms with E-state index in [0.717, 1.165) is 68.6 Å². The molecular formula is C20H28N4O4. The van der Waals surface area contributed by atoms with Gasteiger partial charge in [-0.05, 0) is 45.4 Å². The molecule has 8 nitrogen and oxygen atoms in total. The number of aryl methyl sites for hydroxylation is 3. The summed E-state index contributed by atoms with van der Waals surface area (Å²) < 4.78 is 18.7. The smallest absolute Gasteiger partial charge is 0.259 e. The fourth-order valence-corrected chi connectivity index (χ4v) is 4.01.